The summed E-state index contributed by atoms with van der Waals surface area (Å²) in [6.07, 6.45) is 1.99. The zero-order chi connectivity index (χ0) is 13.1. The van der Waals surface area contributed by atoms with E-state index in [-0.39, 0.29) is 30.0 Å². The quantitative estimate of drug-likeness (QED) is 0.659. The summed E-state index contributed by atoms with van der Waals surface area (Å²) in [6.45, 7) is 3.40. The number of thiophene rings is 1. The van der Waals surface area contributed by atoms with Gasteiger partial charge in [-0.25, -0.2) is 0 Å². The summed E-state index contributed by atoms with van der Waals surface area (Å²) in [5.41, 5.74) is 0.0203. The first-order valence-electron chi connectivity index (χ1n) is 5.84. The van der Waals surface area contributed by atoms with Crippen LogP contribution in [0.25, 0.3) is 0 Å². The van der Waals surface area contributed by atoms with Gasteiger partial charge in [-0.3, -0.25) is 14.9 Å². The van der Waals surface area contributed by atoms with Crippen LogP contribution in [0.15, 0.2) is 6.07 Å². The minimum absolute atomic E-state index is 0. The number of hydrogen-bond acceptors (Lipinski definition) is 5. The molecule has 1 aromatic heterocycles. The van der Waals surface area contributed by atoms with Crippen molar-refractivity contribution in [3.8, 4) is 0 Å². The number of rotatable bonds is 3. The van der Waals surface area contributed by atoms with Crippen molar-refractivity contribution in [3.05, 3.63) is 25.9 Å². The van der Waals surface area contributed by atoms with Crippen LogP contribution >= 0.6 is 23.7 Å². The smallest absolute Gasteiger partial charge is 0.283 e. The first-order chi connectivity index (χ1) is 8.58. The van der Waals surface area contributed by atoms with Gasteiger partial charge < -0.3 is 10.6 Å². The summed E-state index contributed by atoms with van der Waals surface area (Å²) in [7, 11) is 0. The number of carbonyl (C=O) groups excluding carboxylic acids is 1. The van der Waals surface area contributed by atoms with Crippen molar-refractivity contribution in [1.82, 2.24) is 10.6 Å². The molecule has 0 spiro atoms. The normalized spacial score (nSPS) is 18.5. The second-order valence-electron chi connectivity index (χ2n) is 4.33. The second kappa shape index (κ2) is 6.83. The van der Waals surface area contributed by atoms with Gasteiger partial charge in [-0.1, -0.05) is 0 Å². The molecule has 1 fully saturated rings. The van der Waals surface area contributed by atoms with Gasteiger partial charge in [0.2, 0.25) is 0 Å². The monoisotopic (exact) mass is 305 g/mol. The largest absolute Gasteiger partial charge is 0.347 e. The van der Waals surface area contributed by atoms with E-state index in [0.717, 1.165) is 25.9 Å². The Kier molecular flexibility index (Phi) is 5.71. The number of piperidine rings is 1. The Hall–Kier alpha value is -1.18. The van der Waals surface area contributed by atoms with Gasteiger partial charge >= 0.3 is 0 Å². The molecule has 2 rings (SSSR count). The van der Waals surface area contributed by atoms with Crippen LogP contribution in [0.3, 0.4) is 0 Å². The molecular formula is C11H16ClN3O3S. The fraction of sp³-hybridized carbons (Fsp3) is 0.545. The maximum Gasteiger partial charge on any atom is 0.283 e. The van der Waals surface area contributed by atoms with Crippen molar-refractivity contribution in [3.63, 3.8) is 0 Å². The van der Waals surface area contributed by atoms with Gasteiger partial charge in [0.15, 0.2) is 0 Å². The summed E-state index contributed by atoms with van der Waals surface area (Å²) < 4.78 is 0. The van der Waals surface area contributed by atoms with E-state index in [0.29, 0.717) is 9.75 Å². The number of aryl methyl sites for hydroxylation is 1. The van der Waals surface area contributed by atoms with Crippen LogP contribution < -0.4 is 10.6 Å². The lowest BCUT2D eigenvalue weighted by atomic mass is 10.1. The fourth-order valence-corrected chi connectivity index (χ4v) is 2.89. The van der Waals surface area contributed by atoms with Crippen molar-refractivity contribution in [2.45, 2.75) is 25.8 Å². The molecular weight excluding hydrogens is 290 g/mol. The molecule has 8 heteroatoms. The Morgan fingerprint density at radius 2 is 2.37 bits per heavy atom. The third-order valence-electron chi connectivity index (χ3n) is 2.94. The number of amides is 1. The zero-order valence-corrected chi connectivity index (χ0v) is 12.1. The van der Waals surface area contributed by atoms with Crippen LogP contribution in [-0.4, -0.2) is 30.0 Å². The Balaban J connectivity index is 0.00000180. The molecule has 0 unspecified atom stereocenters. The summed E-state index contributed by atoms with van der Waals surface area (Å²) >= 11 is 1.17. The van der Waals surface area contributed by atoms with E-state index in [2.05, 4.69) is 10.6 Å². The third-order valence-corrected chi connectivity index (χ3v) is 3.98. The van der Waals surface area contributed by atoms with Crippen LogP contribution in [0.2, 0.25) is 0 Å². The zero-order valence-electron chi connectivity index (χ0n) is 10.5. The number of nitrogens with one attached hydrogen (secondary N) is 2. The maximum atomic E-state index is 11.9. The van der Waals surface area contributed by atoms with Gasteiger partial charge in [0.1, 0.15) is 0 Å². The van der Waals surface area contributed by atoms with Crippen LogP contribution in [0.5, 0.6) is 0 Å². The van der Waals surface area contributed by atoms with Gasteiger partial charge in [-0.15, -0.1) is 23.7 Å². The summed E-state index contributed by atoms with van der Waals surface area (Å²) in [5, 5.41) is 16.8. The molecule has 19 heavy (non-hydrogen) atoms. The standard InChI is InChI=1S/C11H15N3O3S.ClH/c1-7-9(14(16)17)5-10(18-7)11(15)13-8-3-2-4-12-6-8;/h5,8,12H,2-4,6H2,1H3,(H,13,15);1H/t8-;/m0./s1. The molecule has 0 bridgehead atoms. The third kappa shape index (κ3) is 3.89. The van der Waals surface area contributed by atoms with E-state index in [1.165, 1.54) is 17.4 Å². The van der Waals surface area contributed by atoms with E-state index < -0.39 is 4.92 Å². The first kappa shape index (κ1) is 15.9. The summed E-state index contributed by atoms with van der Waals surface area (Å²) in [4.78, 5) is 23.2. The predicted molar refractivity (Wildman–Crippen MR) is 76.3 cm³/mol. The van der Waals surface area contributed by atoms with Crippen LogP contribution in [0, 0.1) is 17.0 Å². The minimum atomic E-state index is -0.454. The Bertz CT molecular complexity index is 472. The average molecular weight is 306 g/mol. The molecule has 0 aromatic carbocycles. The van der Waals surface area contributed by atoms with Crippen molar-refractivity contribution in [2.24, 2.45) is 0 Å². The van der Waals surface area contributed by atoms with Gasteiger partial charge in [-0.05, 0) is 26.3 Å². The Morgan fingerprint density at radius 1 is 1.63 bits per heavy atom. The fourth-order valence-electron chi connectivity index (χ4n) is 2.00. The number of hydrogen-bond donors (Lipinski definition) is 2. The lowest BCUT2D eigenvalue weighted by Gasteiger charge is -2.23. The molecule has 1 aliphatic rings. The highest BCUT2D eigenvalue weighted by Gasteiger charge is 2.22. The highest BCUT2D eigenvalue weighted by Crippen LogP contribution is 2.28. The minimum Gasteiger partial charge on any atom is -0.347 e. The van der Waals surface area contributed by atoms with Gasteiger partial charge in [0, 0.05) is 18.7 Å². The lowest BCUT2D eigenvalue weighted by Crippen LogP contribution is -2.45. The molecule has 1 atom stereocenters. The van der Waals surface area contributed by atoms with Crippen LogP contribution in [-0.2, 0) is 0 Å². The number of nitro groups is 1. The molecule has 0 aliphatic carbocycles. The van der Waals surface area contributed by atoms with E-state index in [1.807, 2.05) is 0 Å². The number of carbonyl (C=O) groups is 1. The van der Waals surface area contributed by atoms with Crippen molar-refractivity contribution in [2.75, 3.05) is 13.1 Å². The molecule has 0 radical (unpaired) electrons. The summed E-state index contributed by atoms with van der Waals surface area (Å²) in [6, 6.07) is 1.47. The van der Waals surface area contributed by atoms with Crippen molar-refractivity contribution in [1.29, 1.82) is 0 Å². The molecule has 1 amide bonds. The molecule has 2 heterocycles. The summed E-state index contributed by atoms with van der Waals surface area (Å²) in [5.74, 6) is -0.218. The molecule has 1 saturated heterocycles. The number of nitrogens with zero attached hydrogens (tertiary/aromatic N) is 1. The van der Waals surface area contributed by atoms with E-state index in [1.54, 1.807) is 6.92 Å². The van der Waals surface area contributed by atoms with E-state index >= 15 is 0 Å². The predicted octanol–water partition coefficient (Wildman–Crippen LogP) is 1.87. The highest BCUT2D eigenvalue weighted by molar-refractivity contribution is 7.14. The topological polar surface area (TPSA) is 84.3 Å². The molecule has 6 nitrogen and oxygen atoms in total. The molecule has 0 saturated carbocycles. The van der Waals surface area contributed by atoms with E-state index in [9.17, 15) is 14.9 Å². The van der Waals surface area contributed by atoms with Gasteiger partial charge in [0.25, 0.3) is 11.6 Å². The van der Waals surface area contributed by atoms with Crippen molar-refractivity contribution >= 4 is 35.3 Å². The van der Waals surface area contributed by atoms with Gasteiger partial charge in [-0.2, -0.15) is 0 Å². The Morgan fingerprint density at radius 3 is 2.89 bits per heavy atom. The van der Waals surface area contributed by atoms with Crippen molar-refractivity contribution < 1.29 is 9.72 Å². The van der Waals surface area contributed by atoms with Gasteiger partial charge in [0.05, 0.1) is 14.7 Å². The highest BCUT2D eigenvalue weighted by atomic mass is 35.5. The lowest BCUT2D eigenvalue weighted by molar-refractivity contribution is -0.385. The molecule has 106 valence electrons. The molecule has 2 N–H and O–H groups in total. The number of halogens is 1. The van der Waals surface area contributed by atoms with E-state index in [4.69, 9.17) is 0 Å². The maximum absolute atomic E-state index is 11.9. The SMILES string of the molecule is Cc1sc(C(=O)N[C@H]2CCCNC2)cc1[N+](=O)[O-].Cl. The average Bonchev–Trinajstić information content (AvgIpc) is 2.73. The second-order valence-corrected chi connectivity index (χ2v) is 5.58. The first-order valence-corrected chi connectivity index (χ1v) is 6.66. The Labute approximate surface area is 121 Å². The molecule has 1 aliphatic heterocycles. The molecule has 1 aromatic rings. The van der Waals surface area contributed by atoms with Crippen LogP contribution in [0.4, 0.5) is 5.69 Å². The van der Waals surface area contributed by atoms with Crippen LogP contribution in [0.1, 0.15) is 27.4 Å².